The van der Waals surface area contributed by atoms with Crippen LogP contribution >= 0.6 is 21.6 Å². The highest BCUT2D eigenvalue weighted by atomic mass is 33.1. The van der Waals surface area contributed by atoms with Crippen LogP contribution in [0.25, 0.3) is 0 Å². The van der Waals surface area contributed by atoms with Gasteiger partial charge < -0.3 is 9.47 Å². The van der Waals surface area contributed by atoms with E-state index in [9.17, 15) is 29.3 Å². The summed E-state index contributed by atoms with van der Waals surface area (Å²) in [6.45, 7) is 4.39. The first-order chi connectivity index (χ1) is 16.1. The molecule has 0 aliphatic rings. The molecular weight excluding hydrogens is 482 g/mol. The maximum absolute atomic E-state index is 12.3. The van der Waals surface area contributed by atoms with Crippen molar-refractivity contribution >= 4 is 50.8 Å². The molecular formula is C23H23NO8S2. The number of nitrogens with zero attached hydrogens (tertiary/aromatic N) is 1. The number of nitro benzene ring substituents is 1. The molecule has 0 atom stereocenters. The number of benzene rings is 2. The summed E-state index contributed by atoms with van der Waals surface area (Å²) in [7, 11) is 2.52. The average molecular weight is 506 g/mol. The molecule has 0 fully saturated rings. The molecule has 0 spiro atoms. The van der Waals surface area contributed by atoms with E-state index >= 15 is 0 Å². The minimum Gasteiger partial charge on any atom is -0.462 e. The third kappa shape index (κ3) is 8.31. The van der Waals surface area contributed by atoms with E-state index in [4.69, 9.17) is 9.47 Å². The number of ether oxygens (including phenoxy) is 2. The zero-order valence-electron chi connectivity index (χ0n) is 18.8. The molecule has 34 heavy (non-hydrogen) atoms. The van der Waals surface area contributed by atoms with Crippen molar-refractivity contribution in [3.8, 4) is 0 Å². The molecule has 0 saturated carbocycles. The summed E-state index contributed by atoms with van der Waals surface area (Å²) in [4.78, 5) is 58.6. The zero-order valence-corrected chi connectivity index (χ0v) is 20.5. The van der Waals surface area contributed by atoms with Crippen LogP contribution in [0.1, 0.15) is 53.0 Å². The fourth-order valence-electron chi connectivity index (χ4n) is 2.59. The van der Waals surface area contributed by atoms with Gasteiger partial charge in [0.2, 0.25) is 0 Å². The van der Waals surface area contributed by atoms with Gasteiger partial charge in [0.05, 0.1) is 23.7 Å². The molecule has 0 bridgehead atoms. The molecule has 2 aromatic carbocycles. The SMILES string of the molecule is CC(=O)CCOC(=O)c1cc(SSc2ccc([N+](=O)[O-])c(C(=O)OCCC(C)=O)c2)ccc1C. The van der Waals surface area contributed by atoms with E-state index < -0.39 is 22.5 Å². The van der Waals surface area contributed by atoms with Crippen LogP contribution in [0.2, 0.25) is 0 Å². The van der Waals surface area contributed by atoms with Crippen LogP contribution in [-0.2, 0) is 19.1 Å². The Balaban J connectivity index is 2.13. The van der Waals surface area contributed by atoms with Gasteiger partial charge in [0.1, 0.15) is 17.1 Å². The van der Waals surface area contributed by atoms with Crippen LogP contribution in [0.4, 0.5) is 5.69 Å². The van der Waals surface area contributed by atoms with Gasteiger partial charge in [-0.05, 0) is 50.6 Å². The molecule has 9 nitrogen and oxygen atoms in total. The minimum atomic E-state index is -0.883. The van der Waals surface area contributed by atoms with E-state index in [0.717, 1.165) is 4.90 Å². The normalized spacial score (nSPS) is 10.4. The predicted octanol–water partition coefficient (Wildman–Crippen LogP) is 4.97. The Morgan fingerprint density at radius 2 is 1.29 bits per heavy atom. The van der Waals surface area contributed by atoms with E-state index in [1.165, 1.54) is 53.6 Å². The fraction of sp³-hybridized carbons (Fsp3) is 0.304. The van der Waals surface area contributed by atoms with Crippen molar-refractivity contribution in [3.05, 3.63) is 63.2 Å². The number of carbonyl (C=O) groups excluding carboxylic acids is 4. The lowest BCUT2D eigenvalue weighted by molar-refractivity contribution is -0.385. The third-order valence-electron chi connectivity index (χ3n) is 4.42. The lowest BCUT2D eigenvalue weighted by atomic mass is 10.1. The second-order valence-electron chi connectivity index (χ2n) is 7.26. The van der Waals surface area contributed by atoms with Gasteiger partial charge in [0.15, 0.2) is 0 Å². The molecule has 11 heteroatoms. The van der Waals surface area contributed by atoms with Crippen molar-refractivity contribution < 1.29 is 33.6 Å². The molecule has 0 aliphatic heterocycles. The summed E-state index contributed by atoms with van der Waals surface area (Å²) < 4.78 is 10.1. The Morgan fingerprint density at radius 1 is 0.824 bits per heavy atom. The van der Waals surface area contributed by atoms with Crippen molar-refractivity contribution in [2.24, 2.45) is 0 Å². The number of ketones is 2. The first kappa shape index (κ1) is 27.1. The lowest BCUT2D eigenvalue weighted by Gasteiger charge is -2.09. The average Bonchev–Trinajstić information content (AvgIpc) is 2.77. The van der Waals surface area contributed by atoms with Crippen LogP contribution in [0.5, 0.6) is 0 Å². The molecule has 0 N–H and O–H groups in total. The number of aryl methyl sites for hydroxylation is 1. The summed E-state index contributed by atoms with van der Waals surface area (Å²) in [6, 6.07) is 9.31. The van der Waals surface area contributed by atoms with Crippen LogP contribution < -0.4 is 0 Å². The van der Waals surface area contributed by atoms with Gasteiger partial charge in [-0.25, -0.2) is 9.59 Å². The van der Waals surface area contributed by atoms with Crippen LogP contribution in [0.3, 0.4) is 0 Å². The highest BCUT2D eigenvalue weighted by Gasteiger charge is 2.22. The summed E-state index contributed by atoms with van der Waals surface area (Å²) in [5, 5.41) is 11.3. The quantitative estimate of drug-likeness (QED) is 0.169. The third-order valence-corrected chi connectivity index (χ3v) is 6.80. The number of hydrogen-bond donors (Lipinski definition) is 0. The number of rotatable bonds is 12. The Hall–Kier alpha value is -3.18. The largest absolute Gasteiger partial charge is 0.462 e. The standard InChI is InChI=1S/C23H23NO8S2/c1-14-4-5-17(12-19(14)22(27)31-10-8-15(2)25)33-34-18-6-7-21(24(29)30)20(13-18)23(28)32-11-9-16(3)26/h4-7,12-13H,8-11H2,1-3H3. The first-order valence-electron chi connectivity index (χ1n) is 10.1. The van der Waals surface area contributed by atoms with Crippen molar-refractivity contribution in [3.63, 3.8) is 0 Å². The second-order valence-corrected chi connectivity index (χ2v) is 9.53. The van der Waals surface area contributed by atoms with Crippen LogP contribution in [0.15, 0.2) is 46.2 Å². The van der Waals surface area contributed by atoms with Crippen LogP contribution in [0, 0.1) is 17.0 Å². The maximum Gasteiger partial charge on any atom is 0.345 e. The number of nitro groups is 1. The molecule has 180 valence electrons. The molecule has 0 saturated heterocycles. The number of esters is 2. The van der Waals surface area contributed by atoms with Gasteiger partial charge in [0, 0.05) is 28.7 Å². The van der Waals surface area contributed by atoms with Gasteiger partial charge in [-0.2, -0.15) is 0 Å². The summed E-state index contributed by atoms with van der Waals surface area (Å²) in [5.41, 5.74) is 0.478. The Morgan fingerprint density at radius 3 is 1.79 bits per heavy atom. The molecule has 0 aliphatic carbocycles. The van der Waals surface area contributed by atoms with Crippen LogP contribution in [-0.4, -0.2) is 41.6 Å². The van der Waals surface area contributed by atoms with Gasteiger partial charge in [0.25, 0.3) is 5.69 Å². The monoisotopic (exact) mass is 505 g/mol. The Labute approximate surface area is 204 Å². The summed E-state index contributed by atoms with van der Waals surface area (Å²) in [5.74, 6) is -1.65. The van der Waals surface area contributed by atoms with E-state index in [-0.39, 0.29) is 43.2 Å². The van der Waals surface area contributed by atoms with Crippen molar-refractivity contribution in [2.75, 3.05) is 13.2 Å². The minimum absolute atomic E-state index is 0.00775. The number of Topliss-reactive ketones (excluding diaryl/α,β-unsaturated/α-hetero) is 2. The predicted molar refractivity (Wildman–Crippen MR) is 127 cm³/mol. The highest BCUT2D eigenvalue weighted by Crippen LogP contribution is 2.39. The lowest BCUT2D eigenvalue weighted by Crippen LogP contribution is -2.11. The summed E-state index contributed by atoms with van der Waals surface area (Å²) in [6.07, 6.45) is 0.172. The second kappa shape index (κ2) is 12.9. The van der Waals surface area contributed by atoms with E-state index in [1.807, 2.05) is 6.07 Å². The summed E-state index contributed by atoms with van der Waals surface area (Å²) >= 11 is 0. The smallest absolute Gasteiger partial charge is 0.345 e. The van der Waals surface area contributed by atoms with Crippen molar-refractivity contribution in [1.82, 2.24) is 0 Å². The first-order valence-corrected chi connectivity index (χ1v) is 12.3. The van der Waals surface area contributed by atoms with E-state index in [2.05, 4.69) is 0 Å². The van der Waals surface area contributed by atoms with E-state index in [0.29, 0.717) is 16.0 Å². The topological polar surface area (TPSA) is 130 Å². The molecule has 0 heterocycles. The number of carbonyl (C=O) groups is 4. The molecule has 0 radical (unpaired) electrons. The molecule has 0 unspecified atom stereocenters. The molecule has 2 aromatic rings. The fourth-order valence-corrected chi connectivity index (χ4v) is 4.56. The van der Waals surface area contributed by atoms with Gasteiger partial charge in [-0.3, -0.25) is 19.7 Å². The van der Waals surface area contributed by atoms with Gasteiger partial charge in [-0.1, -0.05) is 27.7 Å². The van der Waals surface area contributed by atoms with Gasteiger partial charge in [-0.15, -0.1) is 0 Å². The molecule has 0 amide bonds. The Kier molecular flexibility index (Phi) is 10.3. The zero-order chi connectivity index (χ0) is 25.3. The Bertz CT molecular complexity index is 1120. The maximum atomic E-state index is 12.3. The highest BCUT2D eigenvalue weighted by molar-refractivity contribution is 8.76. The van der Waals surface area contributed by atoms with E-state index in [1.54, 1.807) is 19.1 Å². The van der Waals surface area contributed by atoms with Crippen molar-refractivity contribution in [2.45, 2.75) is 43.4 Å². The number of hydrogen-bond acceptors (Lipinski definition) is 10. The molecule has 0 aromatic heterocycles. The molecule has 2 rings (SSSR count). The van der Waals surface area contributed by atoms with Gasteiger partial charge >= 0.3 is 11.9 Å². The van der Waals surface area contributed by atoms with Crippen molar-refractivity contribution in [1.29, 1.82) is 0 Å².